The average molecular weight is 314 g/mol. The van der Waals surface area contributed by atoms with Gasteiger partial charge in [-0.3, -0.25) is 4.98 Å². The van der Waals surface area contributed by atoms with Crippen LogP contribution >= 0.6 is 15.9 Å². The summed E-state index contributed by atoms with van der Waals surface area (Å²) in [6.07, 6.45) is 0.176. The van der Waals surface area contributed by atoms with Gasteiger partial charge in [-0.05, 0) is 41.1 Å². The van der Waals surface area contributed by atoms with E-state index < -0.39 is 17.7 Å². The number of benzene rings is 1. The number of pyridine rings is 1. The Morgan fingerprint density at radius 3 is 2.67 bits per heavy atom. The minimum Gasteiger partial charge on any atom is -0.383 e. The topological polar surface area (TPSA) is 33.1 Å². The second-order valence-corrected chi connectivity index (χ2v) is 4.69. The van der Waals surface area contributed by atoms with Crippen molar-refractivity contribution in [3.8, 4) is 0 Å². The van der Waals surface area contributed by atoms with Crippen molar-refractivity contribution in [2.24, 2.45) is 0 Å². The van der Waals surface area contributed by atoms with E-state index in [0.717, 1.165) is 6.07 Å². The van der Waals surface area contributed by atoms with Crippen molar-refractivity contribution in [3.63, 3.8) is 0 Å². The summed E-state index contributed by atoms with van der Waals surface area (Å²) in [5, 5.41) is 10.1. The molecule has 18 heavy (non-hydrogen) atoms. The van der Waals surface area contributed by atoms with Crippen LogP contribution in [0.15, 0.2) is 34.9 Å². The molecule has 2 rings (SSSR count). The van der Waals surface area contributed by atoms with Crippen molar-refractivity contribution < 1.29 is 13.9 Å². The predicted octanol–water partition coefficient (Wildman–Crippen LogP) is 3.51. The first-order valence-corrected chi connectivity index (χ1v) is 6.04. The highest BCUT2D eigenvalue weighted by Gasteiger charge is 2.22. The van der Waals surface area contributed by atoms with Crippen LogP contribution in [0.5, 0.6) is 0 Å². The maximum atomic E-state index is 13.9. The van der Waals surface area contributed by atoms with Crippen LogP contribution in [0.3, 0.4) is 0 Å². The van der Waals surface area contributed by atoms with Crippen LogP contribution < -0.4 is 0 Å². The van der Waals surface area contributed by atoms with Crippen molar-refractivity contribution in [2.45, 2.75) is 13.0 Å². The second-order valence-electron chi connectivity index (χ2n) is 3.84. The van der Waals surface area contributed by atoms with Gasteiger partial charge in [0.25, 0.3) is 0 Å². The summed E-state index contributed by atoms with van der Waals surface area (Å²) in [5.74, 6) is -1.59. The van der Waals surface area contributed by atoms with Gasteiger partial charge < -0.3 is 5.11 Å². The highest BCUT2D eigenvalue weighted by atomic mass is 79.9. The van der Waals surface area contributed by atoms with Crippen molar-refractivity contribution in [3.05, 3.63) is 63.4 Å². The van der Waals surface area contributed by atoms with Gasteiger partial charge in [-0.15, -0.1) is 0 Å². The standard InChI is InChI=1S/C13H10BrF2NO/c1-7-8(3-2-6-17-7)13(18)11-10(15)5-4-9(14)12(11)16/h2-6,13,18H,1H3. The number of hydrogen-bond donors (Lipinski definition) is 1. The van der Waals surface area contributed by atoms with Gasteiger partial charge in [-0.2, -0.15) is 0 Å². The first kappa shape index (κ1) is 13.1. The maximum absolute atomic E-state index is 13.9. The van der Waals surface area contributed by atoms with E-state index in [1.165, 1.54) is 6.07 Å². The molecule has 2 aromatic rings. The van der Waals surface area contributed by atoms with Crippen LogP contribution in [0.1, 0.15) is 22.9 Å². The lowest BCUT2D eigenvalue weighted by Gasteiger charge is -2.15. The van der Waals surface area contributed by atoms with Gasteiger partial charge in [0.05, 0.1) is 10.0 Å². The highest BCUT2D eigenvalue weighted by molar-refractivity contribution is 9.10. The Bertz CT molecular complexity index is 589. The molecule has 2 nitrogen and oxygen atoms in total. The Kier molecular flexibility index (Phi) is 3.73. The Morgan fingerprint density at radius 2 is 2.00 bits per heavy atom. The number of nitrogens with zero attached hydrogens (tertiary/aromatic N) is 1. The lowest BCUT2D eigenvalue weighted by Crippen LogP contribution is -2.08. The SMILES string of the molecule is Cc1ncccc1C(O)c1c(F)ccc(Br)c1F. The van der Waals surface area contributed by atoms with E-state index in [1.54, 1.807) is 25.3 Å². The molecular formula is C13H10BrF2NO. The quantitative estimate of drug-likeness (QED) is 0.861. The molecule has 0 saturated carbocycles. The Labute approximate surface area is 111 Å². The van der Waals surface area contributed by atoms with E-state index in [1.807, 2.05) is 0 Å². The van der Waals surface area contributed by atoms with Gasteiger partial charge in [0, 0.05) is 17.5 Å². The zero-order chi connectivity index (χ0) is 13.3. The van der Waals surface area contributed by atoms with E-state index in [9.17, 15) is 13.9 Å². The molecule has 94 valence electrons. The molecule has 0 radical (unpaired) electrons. The molecule has 0 bridgehead atoms. The van der Waals surface area contributed by atoms with Gasteiger partial charge in [0.15, 0.2) is 0 Å². The molecule has 0 spiro atoms. The molecule has 1 heterocycles. The molecule has 5 heteroatoms. The molecule has 0 saturated heterocycles. The number of hydrogen-bond acceptors (Lipinski definition) is 2. The van der Waals surface area contributed by atoms with Crippen LogP contribution in [0.2, 0.25) is 0 Å². The summed E-state index contributed by atoms with van der Waals surface area (Å²) in [5.41, 5.74) is 0.539. The molecule has 1 aromatic heterocycles. The first-order chi connectivity index (χ1) is 8.52. The van der Waals surface area contributed by atoms with E-state index in [0.29, 0.717) is 11.3 Å². The number of rotatable bonds is 2. The monoisotopic (exact) mass is 313 g/mol. The zero-order valence-corrected chi connectivity index (χ0v) is 11.1. The number of aryl methyl sites for hydroxylation is 1. The van der Waals surface area contributed by atoms with Crippen molar-refractivity contribution in [2.75, 3.05) is 0 Å². The van der Waals surface area contributed by atoms with Crippen LogP contribution in [0, 0.1) is 18.6 Å². The maximum Gasteiger partial charge on any atom is 0.146 e. The van der Waals surface area contributed by atoms with E-state index >= 15 is 0 Å². The Morgan fingerprint density at radius 1 is 1.28 bits per heavy atom. The normalized spacial score (nSPS) is 12.5. The fourth-order valence-corrected chi connectivity index (χ4v) is 2.08. The van der Waals surface area contributed by atoms with E-state index in [2.05, 4.69) is 20.9 Å². The Balaban J connectivity index is 2.56. The average Bonchev–Trinajstić information content (AvgIpc) is 2.35. The third-order valence-corrected chi connectivity index (χ3v) is 3.31. The minimum atomic E-state index is -1.38. The molecule has 0 amide bonds. The summed E-state index contributed by atoms with van der Waals surface area (Å²) in [6, 6.07) is 5.57. The van der Waals surface area contributed by atoms with Crippen LogP contribution in [-0.4, -0.2) is 10.1 Å². The molecule has 0 aliphatic heterocycles. The van der Waals surface area contributed by atoms with E-state index in [-0.39, 0.29) is 10.0 Å². The minimum absolute atomic E-state index is 0.111. The molecule has 0 fully saturated rings. The number of halogens is 3. The van der Waals surface area contributed by atoms with Crippen LogP contribution in [0.25, 0.3) is 0 Å². The molecule has 1 atom stereocenters. The van der Waals surface area contributed by atoms with E-state index in [4.69, 9.17) is 0 Å². The highest BCUT2D eigenvalue weighted by Crippen LogP contribution is 2.31. The van der Waals surface area contributed by atoms with Gasteiger partial charge in [0.2, 0.25) is 0 Å². The molecule has 0 aliphatic carbocycles. The summed E-state index contributed by atoms with van der Waals surface area (Å²) in [4.78, 5) is 3.99. The summed E-state index contributed by atoms with van der Waals surface area (Å²) < 4.78 is 27.6. The molecule has 1 aromatic carbocycles. The predicted molar refractivity (Wildman–Crippen MR) is 67.1 cm³/mol. The smallest absolute Gasteiger partial charge is 0.146 e. The van der Waals surface area contributed by atoms with Gasteiger partial charge >= 0.3 is 0 Å². The van der Waals surface area contributed by atoms with Crippen molar-refractivity contribution >= 4 is 15.9 Å². The molecular weight excluding hydrogens is 304 g/mol. The molecule has 0 aliphatic rings. The first-order valence-electron chi connectivity index (χ1n) is 5.25. The van der Waals surface area contributed by atoms with Crippen LogP contribution in [0.4, 0.5) is 8.78 Å². The second kappa shape index (κ2) is 5.12. The summed E-state index contributed by atoms with van der Waals surface area (Å²) >= 11 is 2.97. The number of aromatic nitrogens is 1. The lowest BCUT2D eigenvalue weighted by atomic mass is 9.99. The number of aliphatic hydroxyl groups is 1. The van der Waals surface area contributed by atoms with Gasteiger partial charge in [-0.25, -0.2) is 8.78 Å². The Hall–Kier alpha value is -1.33. The van der Waals surface area contributed by atoms with Gasteiger partial charge in [0.1, 0.15) is 17.7 Å². The lowest BCUT2D eigenvalue weighted by molar-refractivity contribution is 0.207. The van der Waals surface area contributed by atoms with Crippen molar-refractivity contribution in [1.29, 1.82) is 0 Å². The molecule has 1 unspecified atom stereocenters. The largest absolute Gasteiger partial charge is 0.383 e. The summed E-state index contributed by atoms with van der Waals surface area (Å²) in [6.45, 7) is 1.67. The molecule has 1 N–H and O–H groups in total. The van der Waals surface area contributed by atoms with Crippen LogP contribution in [-0.2, 0) is 0 Å². The summed E-state index contributed by atoms with van der Waals surface area (Å²) in [7, 11) is 0. The fourth-order valence-electron chi connectivity index (χ4n) is 1.73. The number of aliphatic hydroxyl groups excluding tert-OH is 1. The third kappa shape index (κ3) is 2.28. The third-order valence-electron chi connectivity index (χ3n) is 2.70. The van der Waals surface area contributed by atoms with Crippen molar-refractivity contribution in [1.82, 2.24) is 4.98 Å². The van der Waals surface area contributed by atoms with Gasteiger partial charge in [-0.1, -0.05) is 6.07 Å². The zero-order valence-electron chi connectivity index (χ0n) is 9.49. The fraction of sp³-hybridized carbons (Fsp3) is 0.154.